The Balaban J connectivity index is 1.50. The maximum Gasteiger partial charge on any atom is 0.291 e. The van der Waals surface area contributed by atoms with Crippen LogP contribution in [0.15, 0.2) is 47.4 Å². The van der Waals surface area contributed by atoms with E-state index < -0.39 is 11.3 Å². The molecule has 1 saturated heterocycles. The molecule has 0 spiro atoms. The van der Waals surface area contributed by atoms with Crippen molar-refractivity contribution in [3.63, 3.8) is 0 Å². The first kappa shape index (κ1) is 18.6. The molecule has 0 amide bonds. The van der Waals surface area contributed by atoms with E-state index in [1.165, 1.54) is 12.8 Å². The second-order valence-electron chi connectivity index (χ2n) is 7.61. The van der Waals surface area contributed by atoms with E-state index in [-0.39, 0.29) is 5.94 Å². The lowest BCUT2D eigenvalue weighted by atomic mass is 9.97. The molecule has 0 bridgehead atoms. The Morgan fingerprint density at radius 3 is 2.63 bits per heavy atom. The summed E-state index contributed by atoms with van der Waals surface area (Å²) in [5, 5.41) is 0. The average Bonchev–Trinajstić information content (AvgIpc) is 3.08. The van der Waals surface area contributed by atoms with Crippen LogP contribution >= 0.6 is 0 Å². The molecule has 2 heterocycles. The first-order valence-corrected chi connectivity index (χ1v) is 11.0. The molecule has 27 heavy (non-hydrogen) atoms. The van der Waals surface area contributed by atoms with Crippen LogP contribution in [0.25, 0.3) is 11.1 Å². The van der Waals surface area contributed by atoms with E-state index in [4.69, 9.17) is 9.47 Å². The highest BCUT2D eigenvalue weighted by Gasteiger charge is 2.39. The van der Waals surface area contributed by atoms with Gasteiger partial charge in [-0.25, -0.2) is 0 Å². The molecule has 2 aromatic carbocycles. The number of hydrogen-bond donors (Lipinski definition) is 0. The van der Waals surface area contributed by atoms with Crippen molar-refractivity contribution in [3.8, 4) is 22.6 Å². The maximum atomic E-state index is 14.4. The van der Waals surface area contributed by atoms with Crippen LogP contribution in [0.3, 0.4) is 0 Å². The molecule has 0 aliphatic carbocycles. The van der Waals surface area contributed by atoms with Gasteiger partial charge in [-0.15, -0.1) is 0 Å². The van der Waals surface area contributed by atoms with Gasteiger partial charge in [0.2, 0.25) is 0 Å². The number of fused-ring (bicyclic) bond motifs is 1. The van der Waals surface area contributed by atoms with E-state index in [0.717, 1.165) is 36.6 Å². The molecule has 2 aromatic rings. The molecule has 144 valence electrons. The first-order chi connectivity index (χ1) is 13.1. The third-order valence-electron chi connectivity index (χ3n) is 5.55. The molecule has 2 aliphatic heterocycles. The summed E-state index contributed by atoms with van der Waals surface area (Å²) in [5.41, 5.74) is 1.84. The zero-order valence-corrected chi connectivity index (χ0v) is 16.8. The molecule has 0 radical (unpaired) electrons. The van der Waals surface area contributed by atoms with E-state index in [1.807, 2.05) is 42.5 Å². The summed E-state index contributed by atoms with van der Waals surface area (Å²) < 4.78 is 26.2. The Hall–Kier alpha value is -1.72. The lowest BCUT2D eigenvalue weighted by molar-refractivity contribution is 0.119. The van der Waals surface area contributed by atoms with Crippen molar-refractivity contribution in [2.75, 3.05) is 25.6 Å². The fourth-order valence-electron chi connectivity index (χ4n) is 3.90. The summed E-state index contributed by atoms with van der Waals surface area (Å²) in [7, 11) is 0. The van der Waals surface area contributed by atoms with Gasteiger partial charge in [-0.05, 0) is 63.9 Å². The van der Waals surface area contributed by atoms with Gasteiger partial charge in [0.25, 0.3) is 22.1 Å². The van der Waals surface area contributed by atoms with E-state index >= 15 is 0 Å². The number of piperidine rings is 1. The van der Waals surface area contributed by atoms with Crippen molar-refractivity contribution in [1.29, 1.82) is 0 Å². The Bertz CT molecular complexity index is 790. The lowest BCUT2D eigenvalue weighted by Crippen LogP contribution is -2.39. The van der Waals surface area contributed by atoms with Crippen LogP contribution in [0.4, 0.5) is 3.89 Å². The number of likely N-dealkylation sites (tertiary alicyclic amines) is 1. The molecule has 1 fully saturated rings. The zero-order chi connectivity index (χ0) is 18.8. The number of nitrogens with zero attached hydrogens (tertiary/aromatic N) is 1. The minimum atomic E-state index is -1.37. The van der Waals surface area contributed by atoms with Gasteiger partial charge in [-0.2, -0.15) is 0 Å². The number of rotatable bonds is 5. The van der Waals surface area contributed by atoms with Gasteiger partial charge in [0, 0.05) is 21.1 Å². The molecule has 1 atom stereocenters. The topological polar surface area (TPSA) is 21.7 Å². The smallest absolute Gasteiger partial charge is 0.291 e. The molecule has 0 saturated carbocycles. The van der Waals surface area contributed by atoms with Crippen LogP contribution in [0.5, 0.6) is 11.5 Å². The van der Waals surface area contributed by atoms with Gasteiger partial charge < -0.3 is 14.4 Å². The van der Waals surface area contributed by atoms with E-state index in [2.05, 4.69) is 18.7 Å². The summed E-state index contributed by atoms with van der Waals surface area (Å²) in [6.45, 7) is 7.51. The zero-order valence-electron chi connectivity index (χ0n) is 16.0. The minimum Gasteiger partial charge on any atom is -0.493 e. The molecule has 1 unspecified atom stereocenters. The molecule has 2 aliphatic rings. The van der Waals surface area contributed by atoms with Gasteiger partial charge in [-0.1, -0.05) is 24.3 Å². The van der Waals surface area contributed by atoms with Crippen molar-refractivity contribution < 1.29 is 13.4 Å². The van der Waals surface area contributed by atoms with Crippen LogP contribution in [0, 0.1) is 5.92 Å². The fraction of sp³-hybridized carbons (Fsp3) is 0.455. The van der Waals surface area contributed by atoms with Gasteiger partial charge in [0.05, 0.1) is 6.61 Å². The van der Waals surface area contributed by atoms with Crippen LogP contribution in [-0.2, 0) is 11.3 Å². The van der Waals surface area contributed by atoms with Crippen molar-refractivity contribution >= 4 is 11.3 Å². The third-order valence-corrected chi connectivity index (χ3v) is 6.74. The Morgan fingerprint density at radius 2 is 1.85 bits per heavy atom. The molecule has 0 aromatic heterocycles. The monoisotopic (exact) mass is 388 g/mol. The van der Waals surface area contributed by atoms with Crippen LogP contribution in [-0.4, -0.2) is 36.6 Å². The lowest BCUT2D eigenvalue weighted by Gasteiger charge is -2.34. The van der Waals surface area contributed by atoms with Crippen LogP contribution in [0.1, 0.15) is 26.7 Å². The summed E-state index contributed by atoms with van der Waals surface area (Å²) in [5.74, 6) is 2.20. The first-order valence-electron chi connectivity index (χ1n) is 9.72. The second kappa shape index (κ2) is 8.11. The molecule has 4 rings (SSSR count). The predicted octanol–water partition coefficient (Wildman–Crippen LogP) is 5.06. The van der Waals surface area contributed by atoms with Crippen molar-refractivity contribution in [3.05, 3.63) is 42.5 Å². The maximum absolute atomic E-state index is 14.4. The summed E-state index contributed by atoms with van der Waals surface area (Å²) in [4.78, 5) is 3.21. The van der Waals surface area contributed by atoms with Crippen molar-refractivity contribution in [1.82, 2.24) is 4.90 Å². The fourth-order valence-corrected chi connectivity index (χ4v) is 5.01. The molecular weight excluding hydrogens is 361 g/mol. The Labute approximate surface area is 164 Å². The second-order valence-corrected chi connectivity index (χ2v) is 8.91. The van der Waals surface area contributed by atoms with Gasteiger partial charge in [0.1, 0.15) is 5.75 Å². The predicted molar refractivity (Wildman–Crippen MR) is 109 cm³/mol. The number of ether oxygens (including phenoxy) is 2. The highest BCUT2D eigenvalue weighted by Crippen LogP contribution is 2.43. The SMILES string of the molecule is CC(C)N1CCC(COc2ccccc2-c2cccc3c2[S+](F)CO3)CC1. The third kappa shape index (κ3) is 3.94. The molecular formula is C22H27FNO2S+. The van der Waals surface area contributed by atoms with Crippen LogP contribution < -0.4 is 9.47 Å². The summed E-state index contributed by atoms with van der Waals surface area (Å²) in [6.07, 6.45) is 2.34. The highest BCUT2D eigenvalue weighted by molar-refractivity contribution is 7.92. The molecule has 5 heteroatoms. The van der Waals surface area contributed by atoms with Gasteiger partial charge in [-0.3, -0.25) is 0 Å². The normalized spacial score (nSPS) is 20.5. The van der Waals surface area contributed by atoms with Crippen molar-refractivity contribution in [2.24, 2.45) is 5.92 Å². The number of hydrogen-bond acceptors (Lipinski definition) is 3. The number of halogens is 1. The molecule has 0 N–H and O–H groups in total. The van der Waals surface area contributed by atoms with E-state index in [1.54, 1.807) is 0 Å². The standard InChI is InChI=1S/C22H27FNO2S/c1-16(2)24-12-10-17(11-13-24)14-25-20-8-4-3-6-18(20)19-7-5-9-21-22(19)27(23)15-26-21/h3-9,16-17H,10-15H2,1-2H3/q+1. The Kier molecular flexibility index (Phi) is 5.60. The molecule has 3 nitrogen and oxygen atoms in total. The highest BCUT2D eigenvalue weighted by atomic mass is 32.2. The summed E-state index contributed by atoms with van der Waals surface area (Å²) in [6, 6.07) is 14.3. The number of benzene rings is 2. The quantitative estimate of drug-likeness (QED) is 0.668. The average molecular weight is 389 g/mol. The van der Waals surface area contributed by atoms with Gasteiger partial charge >= 0.3 is 0 Å². The van der Waals surface area contributed by atoms with E-state index in [0.29, 0.717) is 22.6 Å². The minimum absolute atomic E-state index is 0.129. The van der Waals surface area contributed by atoms with Gasteiger partial charge in [0.15, 0.2) is 5.75 Å². The van der Waals surface area contributed by atoms with Crippen LogP contribution in [0.2, 0.25) is 0 Å². The summed E-state index contributed by atoms with van der Waals surface area (Å²) >= 11 is -1.37. The van der Waals surface area contributed by atoms with E-state index in [9.17, 15) is 3.89 Å². The van der Waals surface area contributed by atoms with Crippen molar-refractivity contribution in [2.45, 2.75) is 37.6 Å². The Morgan fingerprint density at radius 1 is 1.11 bits per heavy atom. The largest absolute Gasteiger partial charge is 0.493 e. The number of para-hydroxylation sites is 1.